The normalized spacial score (nSPS) is 14.9. The fraction of sp³-hybridized carbons (Fsp3) is 0.444. The van der Waals surface area contributed by atoms with Gasteiger partial charge in [-0.2, -0.15) is 5.10 Å². The number of carbonyl (C=O) groups excluding carboxylic acids is 2. The van der Waals surface area contributed by atoms with Crippen LogP contribution in [0.2, 0.25) is 0 Å². The Morgan fingerprint density at radius 2 is 2.08 bits per heavy atom. The number of ether oxygens (including phenoxy) is 1. The van der Waals surface area contributed by atoms with E-state index in [1.807, 2.05) is 24.4 Å². The molecule has 0 saturated carbocycles. The number of carbonyl (C=O) groups is 2. The van der Waals surface area contributed by atoms with E-state index in [0.29, 0.717) is 44.9 Å². The van der Waals surface area contributed by atoms with Gasteiger partial charge >= 0.3 is 12.0 Å². The number of amides is 2. The summed E-state index contributed by atoms with van der Waals surface area (Å²) in [6.45, 7) is 3.65. The summed E-state index contributed by atoms with van der Waals surface area (Å²) in [7, 11) is 0. The van der Waals surface area contributed by atoms with Gasteiger partial charge in [0, 0.05) is 43.8 Å². The highest BCUT2D eigenvalue weighted by molar-refractivity contribution is 5.76. The molecule has 1 saturated heterocycles. The molecule has 3 heterocycles. The zero-order valence-electron chi connectivity index (χ0n) is 14.8. The Hall–Kier alpha value is -2.90. The van der Waals surface area contributed by atoms with E-state index in [2.05, 4.69) is 15.4 Å². The first-order valence-electron chi connectivity index (χ1n) is 8.82. The second-order valence-corrected chi connectivity index (χ2v) is 6.11. The fourth-order valence-corrected chi connectivity index (χ4v) is 3.03. The van der Waals surface area contributed by atoms with Crippen LogP contribution in [0.4, 0.5) is 4.79 Å². The third-order valence-corrected chi connectivity index (χ3v) is 4.42. The van der Waals surface area contributed by atoms with Gasteiger partial charge in [0.05, 0.1) is 12.5 Å². The Kier molecular flexibility index (Phi) is 5.83. The molecule has 1 aliphatic rings. The van der Waals surface area contributed by atoms with Gasteiger partial charge in [0.1, 0.15) is 0 Å². The van der Waals surface area contributed by atoms with Crippen molar-refractivity contribution in [2.75, 3.05) is 19.7 Å². The summed E-state index contributed by atoms with van der Waals surface area (Å²) in [4.78, 5) is 30.3. The first-order chi connectivity index (χ1) is 12.7. The molecule has 0 bridgehead atoms. The van der Waals surface area contributed by atoms with Crippen LogP contribution in [0.15, 0.2) is 36.8 Å². The molecule has 2 aromatic heterocycles. The lowest BCUT2D eigenvalue weighted by Gasteiger charge is -2.31. The van der Waals surface area contributed by atoms with Crippen molar-refractivity contribution in [1.29, 1.82) is 0 Å². The second-order valence-electron chi connectivity index (χ2n) is 6.11. The zero-order valence-corrected chi connectivity index (χ0v) is 14.8. The molecule has 0 unspecified atom stereocenters. The van der Waals surface area contributed by atoms with Gasteiger partial charge in [-0.15, -0.1) is 0 Å². The molecule has 3 rings (SSSR count). The van der Waals surface area contributed by atoms with Gasteiger partial charge in [-0.3, -0.25) is 4.79 Å². The fourth-order valence-electron chi connectivity index (χ4n) is 3.03. The molecule has 0 aliphatic carbocycles. The summed E-state index contributed by atoms with van der Waals surface area (Å²) in [5.74, 6) is 0.425. The van der Waals surface area contributed by atoms with Crippen molar-refractivity contribution in [1.82, 2.24) is 25.0 Å². The average Bonchev–Trinajstić information content (AvgIpc) is 3.21. The van der Waals surface area contributed by atoms with Crippen LogP contribution in [0.25, 0.3) is 5.82 Å². The SMILES string of the molecule is CCOC(=O)C1CCN(C(=O)NCc2cccnc2-n2cccn2)CC1. The van der Waals surface area contributed by atoms with Crippen molar-refractivity contribution in [2.24, 2.45) is 5.92 Å². The molecular weight excluding hydrogens is 334 g/mol. The van der Waals surface area contributed by atoms with Gasteiger partial charge < -0.3 is 15.0 Å². The summed E-state index contributed by atoms with van der Waals surface area (Å²) in [5, 5.41) is 7.12. The number of pyridine rings is 1. The van der Waals surface area contributed by atoms with Gasteiger partial charge in [0.2, 0.25) is 0 Å². The van der Waals surface area contributed by atoms with Gasteiger partial charge in [0.15, 0.2) is 5.82 Å². The Balaban J connectivity index is 1.54. The molecule has 0 atom stereocenters. The van der Waals surface area contributed by atoms with Crippen molar-refractivity contribution >= 4 is 12.0 Å². The smallest absolute Gasteiger partial charge is 0.317 e. The maximum absolute atomic E-state index is 12.4. The number of nitrogens with one attached hydrogen (secondary N) is 1. The number of piperidine rings is 1. The van der Waals surface area contributed by atoms with E-state index in [1.54, 1.807) is 28.9 Å². The summed E-state index contributed by atoms with van der Waals surface area (Å²) in [6.07, 6.45) is 6.47. The van der Waals surface area contributed by atoms with Crippen molar-refractivity contribution in [3.05, 3.63) is 42.4 Å². The molecule has 1 N–H and O–H groups in total. The number of aromatic nitrogens is 3. The lowest BCUT2D eigenvalue weighted by atomic mass is 9.97. The van der Waals surface area contributed by atoms with Gasteiger partial charge in [0.25, 0.3) is 0 Å². The summed E-state index contributed by atoms with van der Waals surface area (Å²) >= 11 is 0. The van der Waals surface area contributed by atoms with Crippen molar-refractivity contribution < 1.29 is 14.3 Å². The molecule has 1 aliphatic heterocycles. The molecule has 138 valence electrons. The quantitative estimate of drug-likeness (QED) is 0.824. The lowest BCUT2D eigenvalue weighted by molar-refractivity contribution is -0.149. The molecule has 1 fully saturated rings. The standard InChI is InChI=1S/C18H23N5O3/c1-2-26-17(24)14-6-11-22(12-7-14)18(25)20-13-15-5-3-8-19-16(15)23-10-4-9-21-23/h3-5,8-10,14H,2,6-7,11-13H2,1H3,(H,20,25). The van der Waals surface area contributed by atoms with Crippen molar-refractivity contribution in [2.45, 2.75) is 26.3 Å². The number of urea groups is 1. The number of hydrogen-bond donors (Lipinski definition) is 1. The van der Waals surface area contributed by atoms with Crippen LogP contribution in [0.3, 0.4) is 0 Å². The van der Waals surface area contributed by atoms with Crippen LogP contribution in [-0.4, -0.2) is 51.4 Å². The highest BCUT2D eigenvalue weighted by atomic mass is 16.5. The molecule has 8 heteroatoms. The van der Waals surface area contributed by atoms with E-state index < -0.39 is 0 Å². The predicted molar refractivity (Wildman–Crippen MR) is 94.5 cm³/mol. The zero-order chi connectivity index (χ0) is 18.4. The molecule has 0 spiro atoms. The van der Waals surface area contributed by atoms with Gasteiger partial charge in [-0.25, -0.2) is 14.5 Å². The maximum atomic E-state index is 12.4. The van der Waals surface area contributed by atoms with Crippen LogP contribution in [-0.2, 0) is 16.1 Å². The summed E-state index contributed by atoms with van der Waals surface area (Å²) in [6, 6.07) is 5.43. The third kappa shape index (κ3) is 4.19. The topological polar surface area (TPSA) is 89.4 Å². The summed E-state index contributed by atoms with van der Waals surface area (Å²) in [5.41, 5.74) is 0.881. The van der Waals surface area contributed by atoms with Gasteiger partial charge in [-0.1, -0.05) is 6.07 Å². The molecular formula is C18H23N5O3. The number of rotatable bonds is 5. The molecule has 26 heavy (non-hydrogen) atoms. The van der Waals surface area contributed by atoms with E-state index >= 15 is 0 Å². The number of esters is 1. The average molecular weight is 357 g/mol. The number of likely N-dealkylation sites (tertiary alicyclic amines) is 1. The minimum atomic E-state index is -0.160. The van der Waals surface area contributed by atoms with Gasteiger partial charge in [-0.05, 0) is 31.9 Å². The van der Waals surface area contributed by atoms with Crippen molar-refractivity contribution in [3.8, 4) is 5.82 Å². The minimum absolute atomic E-state index is 0.108. The van der Waals surface area contributed by atoms with E-state index in [9.17, 15) is 9.59 Å². The molecule has 8 nitrogen and oxygen atoms in total. The maximum Gasteiger partial charge on any atom is 0.317 e. The predicted octanol–water partition coefficient (Wildman–Crippen LogP) is 1.75. The van der Waals surface area contributed by atoms with E-state index in [4.69, 9.17) is 4.74 Å². The number of hydrogen-bond acceptors (Lipinski definition) is 5. The minimum Gasteiger partial charge on any atom is -0.466 e. The molecule has 0 aromatic carbocycles. The first kappa shape index (κ1) is 17.9. The van der Waals surface area contributed by atoms with Crippen LogP contribution in [0.1, 0.15) is 25.3 Å². The number of nitrogens with zero attached hydrogens (tertiary/aromatic N) is 4. The van der Waals surface area contributed by atoms with E-state index in [0.717, 1.165) is 5.56 Å². The lowest BCUT2D eigenvalue weighted by Crippen LogP contribution is -2.45. The Bertz CT molecular complexity index is 739. The highest BCUT2D eigenvalue weighted by Gasteiger charge is 2.28. The second kappa shape index (κ2) is 8.46. The monoisotopic (exact) mass is 357 g/mol. The van der Waals surface area contributed by atoms with Crippen LogP contribution in [0, 0.1) is 5.92 Å². The van der Waals surface area contributed by atoms with Crippen LogP contribution < -0.4 is 5.32 Å². The Morgan fingerprint density at radius 1 is 1.27 bits per heavy atom. The van der Waals surface area contributed by atoms with E-state index in [-0.39, 0.29) is 17.9 Å². The van der Waals surface area contributed by atoms with Crippen molar-refractivity contribution in [3.63, 3.8) is 0 Å². The summed E-state index contributed by atoms with van der Waals surface area (Å²) < 4.78 is 6.73. The highest BCUT2D eigenvalue weighted by Crippen LogP contribution is 2.19. The first-order valence-corrected chi connectivity index (χ1v) is 8.82. The third-order valence-electron chi connectivity index (χ3n) is 4.42. The van der Waals surface area contributed by atoms with E-state index in [1.165, 1.54) is 0 Å². The Labute approximate surface area is 152 Å². The molecule has 2 amide bonds. The Morgan fingerprint density at radius 3 is 2.77 bits per heavy atom. The molecule has 2 aromatic rings. The van der Waals surface area contributed by atoms with Crippen LogP contribution in [0.5, 0.6) is 0 Å². The molecule has 0 radical (unpaired) electrons. The van der Waals surface area contributed by atoms with Crippen LogP contribution >= 0.6 is 0 Å². The largest absolute Gasteiger partial charge is 0.466 e.